The molecule has 1 amide bonds. The van der Waals surface area contributed by atoms with Crippen LogP contribution in [0.4, 0.5) is 10.8 Å². The number of rotatable bonds is 5. The summed E-state index contributed by atoms with van der Waals surface area (Å²) < 4.78 is 0.964. The van der Waals surface area contributed by atoms with Crippen LogP contribution in [0, 0.1) is 19.8 Å². The van der Waals surface area contributed by atoms with Crippen LogP contribution in [0.1, 0.15) is 30.9 Å². The molecular weight excluding hydrogens is 402 g/mol. The molecule has 0 aliphatic carbocycles. The van der Waals surface area contributed by atoms with Gasteiger partial charge in [-0.05, 0) is 43.7 Å². The molecule has 1 saturated heterocycles. The average Bonchev–Trinajstić information content (AvgIpc) is 3.14. The number of amides is 1. The number of fused-ring (bicyclic) bond motifs is 1. The highest BCUT2D eigenvalue weighted by atomic mass is 32.2. The predicted molar refractivity (Wildman–Crippen MR) is 121 cm³/mol. The topological polar surface area (TPSA) is 71.0 Å². The molecule has 0 saturated carbocycles. The Kier molecular flexibility index (Phi) is 6.01. The average molecular weight is 428 g/mol. The molecular formula is C21H25N5OS2. The van der Waals surface area contributed by atoms with Gasteiger partial charge in [0.2, 0.25) is 5.91 Å². The van der Waals surface area contributed by atoms with Crippen LogP contribution in [0.3, 0.4) is 0 Å². The molecule has 0 radical (unpaired) electrons. The quantitative estimate of drug-likeness (QED) is 0.471. The maximum absolute atomic E-state index is 12.5. The number of anilines is 2. The van der Waals surface area contributed by atoms with E-state index in [9.17, 15) is 4.79 Å². The van der Waals surface area contributed by atoms with Crippen molar-refractivity contribution in [3.63, 3.8) is 0 Å². The Labute approximate surface area is 179 Å². The van der Waals surface area contributed by atoms with Gasteiger partial charge in [-0.2, -0.15) is 4.98 Å². The molecule has 0 bridgehead atoms. The summed E-state index contributed by atoms with van der Waals surface area (Å²) in [6.45, 7) is 8.37. The van der Waals surface area contributed by atoms with Crippen molar-refractivity contribution in [3.8, 4) is 0 Å². The first kappa shape index (κ1) is 20.1. The lowest BCUT2D eigenvalue weighted by atomic mass is 10.0. The number of para-hydroxylation sites is 1. The van der Waals surface area contributed by atoms with Crippen molar-refractivity contribution in [1.29, 1.82) is 0 Å². The minimum absolute atomic E-state index is 0.0336. The molecule has 29 heavy (non-hydrogen) atoms. The molecule has 0 spiro atoms. The number of hydrogen-bond acceptors (Lipinski definition) is 7. The molecule has 1 fully saturated rings. The van der Waals surface area contributed by atoms with Gasteiger partial charge in [-0.3, -0.25) is 4.79 Å². The molecule has 4 rings (SSSR count). The van der Waals surface area contributed by atoms with E-state index in [1.807, 2.05) is 32.0 Å². The number of thiazole rings is 1. The molecule has 8 heteroatoms. The Morgan fingerprint density at radius 2 is 2.10 bits per heavy atom. The van der Waals surface area contributed by atoms with E-state index < -0.39 is 0 Å². The highest BCUT2D eigenvalue weighted by Gasteiger charge is 2.21. The number of nitrogens with one attached hydrogen (secondary N) is 1. The van der Waals surface area contributed by atoms with Crippen molar-refractivity contribution in [2.24, 2.45) is 5.92 Å². The standard InChI is InChI=1S/C21H25N5OS2/c1-13-6-5-9-26(10-13)21-25-19-18(29-21)20(23-12-22-19)28-11-16(27)24-17-14(2)7-4-8-15(17)3/h4,7-8,12-13H,5-6,9-11H2,1-3H3,(H,24,27)/t13-/m0/s1. The van der Waals surface area contributed by atoms with Crippen LogP contribution in [-0.2, 0) is 4.79 Å². The number of nitrogens with zero attached hydrogens (tertiary/aromatic N) is 4. The summed E-state index contributed by atoms with van der Waals surface area (Å²) in [5.74, 6) is 0.950. The highest BCUT2D eigenvalue weighted by Crippen LogP contribution is 2.35. The Bertz CT molecular complexity index is 1010. The zero-order valence-electron chi connectivity index (χ0n) is 16.9. The minimum atomic E-state index is -0.0336. The molecule has 0 unspecified atom stereocenters. The molecule has 1 atom stereocenters. The number of thioether (sulfide) groups is 1. The van der Waals surface area contributed by atoms with Crippen molar-refractivity contribution in [2.45, 2.75) is 38.6 Å². The first-order valence-electron chi connectivity index (χ1n) is 9.86. The maximum atomic E-state index is 12.5. The number of piperidine rings is 1. The monoisotopic (exact) mass is 427 g/mol. The van der Waals surface area contributed by atoms with Crippen LogP contribution < -0.4 is 10.2 Å². The number of benzene rings is 1. The summed E-state index contributed by atoms with van der Waals surface area (Å²) in [5.41, 5.74) is 3.74. The van der Waals surface area contributed by atoms with Gasteiger partial charge < -0.3 is 10.2 Å². The summed E-state index contributed by atoms with van der Waals surface area (Å²) in [6.07, 6.45) is 4.01. The zero-order valence-corrected chi connectivity index (χ0v) is 18.6. The van der Waals surface area contributed by atoms with E-state index in [0.29, 0.717) is 11.7 Å². The molecule has 152 valence electrons. The Morgan fingerprint density at radius 1 is 1.31 bits per heavy atom. The molecule has 1 aromatic carbocycles. The van der Waals surface area contributed by atoms with Crippen LogP contribution in [0.5, 0.6) is 0 Å². The second-order valence-electron chi connectivity index (χ2n) is 7.63. The van der Waals surface area contributed by atoms with E-state index in [1.54, 1.807) is 11.3 Å². The van der Waals surface area contributed by atoms with Crippen molar-refractivity contribution < 1.29 is 4.79 Å². The van der Waals surface area contributed by atoms with E-state index in [-0.39, 0.29) is 5.91 Å². The highest BCUT2D eigenvalue weighted by molar-refractivity contribution is 8.00. The summed E-state index contributed by atoms with van der Waals surface area (Å²) in [7, 11) is 0. The van der Waals surface area contributed by atoms with E-state index in [4.69, 9.17) is 4.98 Å². The van der Waals surface area contributed by atoms with Crippen molar-refractivity contribution >= 4 is 50.2 Å². The number of carbonyl (C=O) groups excluding carboxylic acids is 1. The van der Waals surface area contributed by atoms with Crippen LogP contribution in [0.25, 0.3) is 10.3 Å². The summed E-state index contributed by atoms with van der Waals surface area (Å²) in [6, 6.07) is 6.01. The number of aromatic nitrogens is 3. The van der Waals surface area contributed by atoms with Crippen molar-refractivity contribution in [3.05, 3.63) is 35.7 Å². The first-order chi connectivity index (χ1) is 14.0. The Morgan fingerprint density at radius 3 is 2.86 bits per heavy atom. The maximum Gasteiger partial charge on any atom is 0.234 e. The summed E-state index contributed by atoms with van der Waals surface area (Å²) in [5, 5.41) is 4.86. The molecule has 6 nitrogen and oxygen atoms in total. The van der Waals surface area contributed by atoms with Gasteiger partial charge in [0.05, 0.1) is 5.75 Å². The summed E-state index contributed by atoms with van der Waals surface area (Å²) in [4.78, 5) is 28.4. The van der Waals surface area contributed by atoms with Crippen molar-refractivity contribution in [2.75, 3.05) is 29.1 Å². The fraction of sp³-hybridized carbons (Fsp3) is 0.429. The summed E-state index contributed by atoms with van der Waals surface area (Å²) >= 11 is 3.07. The third-order valence-electron chi connectivity index (χ3n) is 5.16. The minimum Gasteiger partial charge on any atom is -0.348 e. The second-order valence-corrected chi connectivity index (χ2v) is 9.57. The van der Waals surface area contributed by atoms with Gasteiger partial charge in [0.15, 0.2) is 10.8 Å². The van der Waals surface area contributed by atoms with Crippen LogP contribution >= 0.6 is 23.1 Å². The van der Waals surface area contributed by atoms with Crippen molar-refractivity contribution in [1.82, 2.24) is 15.0 Å². The molecule has 1 aliphatic rings. The number of hydrogen-bond donors (Lipinski definition) is 1. The first-order valence-corrected chi connectivity index (χ1v) is 11.7. The second kappa shape index (κ2) is 8.67. The number of carbonyl (C=O) groups is 1. The van der Waals surface area contributed by atoms with Gasteiger partial charge in [-0.15, -0.1) is 0 Å². The zero-order chi connectivity index (χ0) is 20.4. The smallest absolute Gasteiger partial charge is 0.234 e. The van der Waals surface area contributed by atoms with Gasteiger partial charge >= 0.3 is 0 Å². The molecule has 1 aliphatic heterocycles. The van der Waals surface area contributed by atoms with Gasteiger partial charge in [-0.25, -0.2) is 9.97 Å². The fourth-order valence-electron chi connectivity index (χ4n) is 3.64. The van der Waals surface area contributed by atoms with Crippen LogP contribution in [0.15, 0.2) is 29.6 Å². The fourth-order valence-corrected chi connectivity index (χ4v) is 5.57. The van der Waals surface area contributed by atoms with Gasteiger partial charge in [0.25, 0.3) is 0 Å². The lowest BCUT2D eigenvalue weighted by Gasteiger charge is -2.30. The van der Waals surface area contributed by atoms with E-state index >= 15 is 0 Å². The van der Waals surface area contributed by atoms with Gasteiger partial charge in [0, 0.05) is 18.8 Å². The van der Waals surface area contributed by atoms with E-state index in [0.717, 1.165) is 50.4 Å². The van der Waals surface area contributed by atoms with E-state index in [2.05, 4.69) is 27.1 Å². The van der Waals surface area contributed by atoms with E-state index in [1.165, 1.54) is 30.9 Å². The lowest BCUT2D eigenvalue weighted by molar-refractivity contribution is -0.113. The van der Waals surface area contributed by atoms with Crippen LogP contribution in [0.2, 0.25) is 0 Å². The molecule has 2 aromatic heterocycles. The molecule has 1 N–H and O–H groups in total. The Hall–Kier alpha value is -2.19. The lowest BCUT2D eigenvalue weighted by Crippen LogP contribution is -2.34. The predicted octanol–water partition coefficient (Wildman–Crippen LogP) is 4.67. The molecule has 3 heterocycles. The number of aryl methyl sites for hydroxylation is 2. The molecule has 3 aromatic rings. The third-order valence-corrected chi connectivity index (χ3v) is 7.39. The van der Waals surface area contributed by atoms with Crippen LogP contribution in [-0.4, -0.2) is 39.7 Å². The SMILES string of the molecule is Cc1cccc(C)c1NC(=O)CSc1ncnc2nc(N3CCC[C@H](C)C3)sc12. The normalized spacial score (nSPS) is 16.9. The Balaban J connectivity index is 1.47. The third kappa shape index (κ3) is 4.53. The van der Waals surface area contributed by atoms with Gasteiger partial charge in [0.1, 0.15) is 16.1 Å². The largest absolute Gasteiger partial charge is 0.348 e. The van der Waals surface area contributed by atoms with Gasteiger partial charge in [-0.1, -0.05) is 48.2 Å².